The van der Waals surface area contributed by atoms with Gasteiger partial charge >= 0.3 is 6.36 Å². The molecular formula is C17H14F5NO2. The molecule has 0 atom stereocenters. The Labute approximate surface area is 140 Å². The van der Waals surface area contributed by atoms with Crippen LogP contribution in [-0.2, 0) is 17.8 Å². The molecule has 0 aliphatic rings. The van der Waals surface area contributed by atoms with Gasteiger partial charge in [-0.25, -0.2) is 8.78 Å². The third-order valence-electron chi connectivity index (χ3n) is 3.30. The Morgan fingerprint density at radius 2 is 1.76 bits per heavy atom. The van der Waals surface area contributed by atoms with E-state index in [0.717, 1.165) is 24.3 Å². The molecule has 1 amide bonds. The van der Waals surface area contributed by atoms with E-state index >= 15 is 0 Å². The van der Waals surface area contributed by atoms with Crippen LogP contribution in [-0.4, -0.2) is 12.3 Å². The number of ether oxygens (including phenoxy) is 1. The first kappa shape index (κ1) is 18.7. The summed E-state index contributed by atoms with van der Waals surface area (Å²) in [6.45, 7) is -0.184. The van der Waals surface area contributed by atoms with Crippen LogP contribution in [0.1, 0.15) is 17.5 Å². The fourth-order valence-electron chi connectivity index (χ4n) is 2.14. The van der Waals surface area contributed by atoms with Crippen LogP contribution >= 0.6 is 0 Å². The number of amides is 1. The summed E-state index contributed by atoms with van der Waals surface area (Å²) in [5, 5.41) is 2.43. The lowest BCUT2D eigenvalue weighted by Crippen LogP contribution is -2.24. The van der Waals surface area contributed by atoms with E-state index in [1.807, 2.05) is 0 Å². The highest BCUT2D eigenvalue weighted by atomic mass is 19.4. The van der Waals surface area contributed by atoms with Crippen molar-refractivity contribution < 1.29 is 31.5 Å². The van der Waals surface area contributed by atoms with Crippen molar-refractivity contribution in [2.75, 3.05) is 0 Å². The monoisotopic (exact) mass is 359 g/mol. The minimum atomic E-state index is -4.84. The quantitative estimate of drug-likeness (QED) is 0.789. The Morgan fingerprint density at radius 1 is 1.04 bits per heavy atom. The number of hydrogen-bond donors (Lipinski definition) is 1. The molecule has 8 heteroatoms. The van der Waals surface area contributed by atoms with Gasteiger partial charge in [0.15, 0.2) is 0 Å². The summed E-state index contributed by atoms with van der Waals surface area (Å²) in [6, 6.07) is 8.33. The summed E-state index contributed by atoms with van der Waals surface area (Å²) < 4.78 is 67.4. The summed E-state index contributed by atoms with van der Waals surface area (Å²) in [5.74, 6) is -2.16. The molecule has 0 bridgehead atoms. The predicted octanol–water partition coefficient (Wildman–Crippen LogP) is 4.11. The number of halogens is 5. The molecule has 0 spiro atoms. The summed E-state index contributed by atoms with van der Waals surface area (Å²) in [6.07, 6.45) is -5.01. The molecule has 0 aliphatic carbocycles. The number of aryl methyl sites for hydroxylation is 1. The fraction of sp³-hybridized carbons (Fsp3) is 0.235. The lowest BCUT2D eigenvalue weighted by atomic mass is 10.1. The SMILES string of the molecule is O=C(CCc1cc(F)ccc1F)NCc1ccccc1OC(F)(F)F. The van der Waals surface area contributed by atoms with Crippen LogP contribution in [0.4, 0.5) is 22.0 Å². The Bertz CT molecular complexity index is 746. The van der Waals surface area contributed by atoms with E-state index in [1.165, 1.54) is 18.2 Å². The molecule has 0 unspecified atom stereocenters. The number of carbonyl (C=O) groups is 1. The molecule has 1 N–H and O–H groups in total. The van der Waals surface area contributed by atoms with Gasteiger partial charge in [0.05, 0.1) is 0 Å². The van der Waals surface area contributed by atoms with E-state index in [0.29, 0.717) is 0 Å². The van der Waals surface area contributed by atoms with Crippen molar-refractivity contribution in [1.29, 1.82) is 0 Å². The molecule has 0 saturated carbocycles. The van der Waals surface area contributed by atoms with E-state index < -0.39 is 29.7 Å². The molecule has 2 aromatic rings. The Balaban J connectivity index is 1.91. The summed E-state index contributed by atoms with van der Waals surface area (Å²) in [5.41, 5.74) is 0.195. The standard InChI is InChI=1S/C17H14F5NO2/c18-13-6-7-14(19)11(9-13)5-8-16(24)23-10-12-3-1-2-4-15(12)25-17(20,21)22/h1-4,6-7,9H,5,8,10H2,(H,23,24). The second-order valence-corrected chi connectivity index (χ2v) is 5.17. The average molecular weight is 359 g/mol. The van der Waals surface area contributed by atoms with Crippen molar-refractivity contribution in [3.8, 4) is 5.75 Å². The molecule has 0 saturated heterocycles. The number of rotatable bonds is 6. The Kier molecular flexibility index (Phi) is 5.95. The molecule has 25 heavy (non-hydrogen) atoms. The average Bonchev–Trinajstić information content (AvgIpc) is 2.53. The minimum absolute atomic E-state index is 0.0316. The zero-order chi connectivity index (χ0) is 18.4. The van der Waals surface area contributed by atoms with Crippen molar-refractivity contribution >= 4 is 5.91 Å². The topological polar surface area (TPSA) is 38.3 Å². The van der Waals surface area contributed by atoms with Crippen molar-refractivity contribution in [1.82, 2.24) is 5.32 Å². The van der Waals surface area contributed by atoms with Crippen LogP contribution in [0, 0.1) is 11.6 Å². The van der Waals surface area contributed by atoms with Gasteiger partial charge in [0, 0.05) is 18.5 Å². The van der Waals surface area contributed by atoms with Gasteiger partial charge in [0.2, 0.25) is 5.91 Å². The van der Waals surface area contributed by atoms with E-state index in [1.54, 1.807) is 0 Å². The van der Waals surface area contributed by atoms with Crippen LogP contribution in [0.5, 0.6) is 5.75 Å². The lowest BCUT2D eigenvalue weighted by Gasteiger charge is -2.13. The number of para-hydroxylation sites is 1. The Hall–Kier alpha value is -2.64. The van der Waals surface area contributed by atoms with Crippen molar-refractivity contribution in [2.45, 2.75) is 25.7 Å². The number of alkyl halides is 3. The maximum Gasteiger partial charge on any atom is 0.573 e. The zero-order valence-corrected chi connectivity index (χ0v) is 12.9. The van der Waals surface area contributed by atoms with E-state index in [2.05, 4.69) is 10.1 Å². The first-order chi connectivity index (χ1) is 11.7. The lowest BCUT2D eigenvalue weighted by molar-refractivity contribution is -0.274. The molecule has 0 aromatic heterocycles. The van der Waals surface area contributed by atoms with Gasteiger partial charge in [-0.3, -0.25) is 4.79 Å². The van der Waals surface area contributed by atoms with Crippen LogP contribution < -0.4 is 10.1 Å². The van der Waals surface area contributed by atoms with Gasteiger partial charge in [-0.05, 0) is 36.2 Å². The van der Waals surface area contributed by atoms with Gasteiger partial charge < -0.3 is 10.1 Å². The van der Waals surface area contributed by atoms with Crippen LogP contribution in [0.3, 0.4) is 0 Å². The van der Waals surface area contributed by atoms with Crippen molar-refractivity contribution in [2.24, 2.45) is 0 Å². The van der Waals surface area contributed by atoms with Crippen molar-refractivity contribution in [3.05, 3.63) is 65.2 Å². The van der Waals surface area contributed by atoms with E-state index in [-0.39, 0.29) is 30.5 Å². The number of carbonyl (C=O) groups excluding carboxylic acids is 1. The van der Waals surface area contributed by atoms with E-state index in [9.17, 15) is 26.7 Å². The largest absolute Gasteiger partial charge is 0.573 e. The van der Waals surface area contributed by atoms with Crippen LogP contribution in [0.2, 0.25) is 0 Å². The molecular weight excluding hydrogens is 345 g/mol. The van der Waals surface area contributed by atoms with Gasteiger partial charge in [0.25, 0.3) is 0 Å². The second kappa shape index (κ2) is 7.96. The number of hydrogen-bond acceptors (Lipinski definition) is 2. The molecule has 0 aliphatic heterocycles. The number of benzene rings is 2. The summed E-state index contributed by atoms with van der Waals surface area (Å²) in [7, 11) is 0. The maximum absolute atomic E-state index is 13.5. The maximum atomic E-state index is 13.5. The molecule has 0 fully saturated rings. The van der Waals surface area contributed by atoms with Crippen LogP contribution in [0.15, 0.2) is 42.5 Å². The van der Waals surface area contributed by atoms with Gasteiger partial charge in [-0.2, -0.15) is 0 Å². The summed E-state index contributed by atoms with van der Waals surface area (Å²) >= 11 is 0. The normalized spacial score (nSPS) is 11.2. The molecule has 3 nitrogen and oxygen atoms in total. The molecule has 0 heterocycles. The first-order valence-electron chi connectivity index (χ1n) is 7.29. The van der Waals surface area contributed by atoms with Gasteiger partial charge in [-0.1, -0.05) is 18.2 Å². The van der Waals surface area contributed by atoms with Gasteiger partial charge in [0.1, 0.15) is 17.4 Å². The predicted molar refractivity (Wildman–Crippen MR) is 79.7 cm³/mol. The molecule has 2 rings (SSSR count). The van der Waals surface area contributed by atoms with Crippen molar-refractivity contribution in [3.63, 3.8) is 0 Å². The molecule has 0 radical (unpaired) electrons. The zero-order valence-electron chi connectivity index (χ0n) is 12.9. The van der Waals surface area contributed by atoms with Crippen LogP contribution in [0.25, 0.3) is 0 Å². The van der Waals surface area contributed by atoms with E-state index in [4.69, 9.17) is 0 Å². The third kappa shape index (κ3) is 6.06. The highest BCUT2D eigenvalue weighted by Crippen LogP contribution is 2.26. The molecule has 134 valence electrons. The highest BCUT2D eigenvalue weighted by Gasteiger charge is 2.31. The fourth-order valence-corrected chi connectivity index (χ4v) is 2.14. The third-order valence-corrected chi connectivity index (χ3v) is 3.30. The minimum Gasteiger partial charge on any atom is -0.405 e. The smallest absolute Gasteiger partial charge is 0.405 e. The Morgan fingerprint density at radius 3 is 2.48 bits per heavy atom. The summed E-state index contributed by atoms with van der Waals surface area (Å²) in [4.78, 5) is 11.8. The number of nitrogens with one attached hydrogen (secondary N) is 1. The molecule has 2 aromatic carbocycles. The van der Waals surface area contributed by atoms with Gasteiger partial charge in [-0.15, -0.1) is 13.2 Å². The highest BCUT2D eigenvalue weighted by molar-refractivity contribution is 5.76. The second-order valence-electron chi connectivity index (χ2n) is 5.17. The first-order valence-corrected chi connectivity index (χ1v) is 7.29.